The molecule has 1 aliphatic heterocycles. The van der Waals surface area contributed by atoms with Crippen molar-refractivity contribution in [3.8, 4) is 0 Å². The molecule has 0 saturated carbocycles. The van der Waals surface area contributed by atoms with Crippen LogP contribution in [0.3, 0.4) is 0 Å². The summed E-state index contributed by atoms with van der Waals surface area (Å²) in [5.74, 6) is -0.510. The molecular weight excluding hydrogens is 339 g/mol. The number of esters is 1. The predicted molar refractivity (Wildman–Crippen MR) is 89.4 cm³/mol. The fourth-order valence-electron chi connectivity index (χ4n) is 2.63. The number of methoxy groups -OCH3 is 1. The number of nitrogens with one attached hydrogen (secondary N) is 1. The molecular formula is C16H18Cl2N2O3. The van der Waals surface area contributed by atoms with Crippen LogP contribution < -0.4 is 5.32 Å². The number of urea groups is 1. The molecule has 7 heteroatoms. The van der Waals surface area contributed by atoms with Gasteiger partial charge < -0.3 is 10.1 Å². The van der Waals surface area contributed by atoms with Gasteiger partial charge in [0.25, 0.3) is 0 Å². The summed E-state index contributed by atoms with van der Waals surface area (Å²) in [6, 6.07) is 4.12. The molecule has 0 bridgehead atoms. The topological polar surface area (TPSA) is 58.6 Å². The number of amides is 2. The summed E-state index contributed by atoms with van der Waals surface area (Å²) in [5, 5.41) is 3.48. The van der Waals surface area contributed by atoms with Crippen LogP contribution in [0.1, 0.15) is 31.9 Å². The second-order valence-electron chi connectivity index (χ2n) is 5.17. The van der Waals surface area contributed by atoms with Crippen molar-refractivity contribution in [1.82, 2.24) is 10.2 Å². The maximum absolute atomic E-state index is 12.4. The fourth-order valence-corrected chi connectivity index (χ4v) is 3.04. The quantitative estimate of drug-likeness (QED) is 0.831. The highest BCUT2D eigenvalue weighted by Gasteiger charge is 2.36. The van der Waals surface area contributed by atoms with E-state index in [2.05, 4.69) is 5.32 Å². The van der Waals surface area contributed by atoms with E-state index in [0.29, 0.717) is 33.4 Å². The number of nitrogens with zero attached hydrogens (tertiary/aromatic N) is 1. The summed E-state index contributed by atoms with van der Waals surface area (Å²) in [6.07, 6.45) is 0.766. The van der Waals surface area contributed by atoms with Gasteiger partial charge in [-0.2, -0.15) is 0 Å². The molecule has 1 N–H and O–H groups in total. The van der Waals surface area contributed by atoms with Crippen LogP contribution in [0.25, 0.3) is 0 Å². The molecule has 124 valence electrons. The number of carbonyl (C=O) groups is 2. The first kappa shape index (κ1) is 17.6. The average Bonchev–Trinajstić information content (AvgIpc) is 2.53. The Labute approximate surface area is 145 Å². The number of benzene rings is 1. The SMILES string of the molecule is CCCN1C(=O)N[C@H](c2cccc(Cl)c2Cl)C(C(=O)OC)=C1C. The van der Waals surface area contributed by atoms with Gasteiger partial charge in [-0.05, 0) is 25.0 Å². The molecule has 5 nitrogen and oxygen atoms in total. The van der Waals surface area contributed by atoms with Gasteiger partial charge in [0.05, 0.1) is 28.8 Å². The zero-order valence-corrected chi connectivity index (χ0v) is 14.7. The van der Waals surface area contributed by atoms with Crippen LogP contribution in [0, 0.1) is 0 Å². The van der Waals surface area contributed by atoms with Crippen molar-refractivity contribution in [2.24, 2.45) is 0 Å². The highest BCUT2D eigenvalue weighted by Crippen LogP contribution is 2.37. The first-order valence-electron chi connectivity index (χ1n) is 7.23. The van der Waals surface area contributed by atoms with E-state index in [-0.39, 0.29) is 6.03 Å². The van der Waals surface area contributed by atoms with Crippen LogP contribution >= 0.6 is 23.2 Å². The van der Waals surface area contributed by atoms with Crippen molar-refractivity contribution in [3.05, 3.63) is 45.1 Å². The minimum Gasteiger partial charge on any atom is -0.466 e. The van der Waals surface area contributed by atoms with E-state index >= 15 is 0 Å². The van der Waals surface area contributed by atoms with Gasteiger partial charge >= 0.3 is 12.0 Å². The molecule has 0 unspecified atom stereocenters. The molecule has 0 radical (unpaired) electrons. The Hall–Kier alpha value is -1.72. The maximum Gasteiger partial charge on any atom is 0.337 e. The number of halogens is 2. The number of allylic oxidation sites excluding steroid dienone is 1. The molecule has 1 aliphatic rings. The number of hydrogen-bond donors (Lipinski definition) is 1. The van der Waals surface area contributed by atoms with E-state index in [1.807, 2.05) is 6.92 Å². The van der Waals surface area contributed by atoms with Crippen molar-refractivity contribution in [2.75, 3.05) is 13.7 Å². The normalized spacial score (nSPS) is 18.0. The van der Waals surface area contributed by atoms with E-state index in [0.717, 1.165) is 6.42 Å². The van der Waals surface area contributed by atoms with Crippen molar-refractivity contribution in [3.63, 3.8) is 0 Å². The monoisotopic (exact) mass is 356 g/mol. The number of rotatable bonds is 4. The van der Waals surface area contributed by atoms with Gasteiger partial charge in [0, 0.05) is 12.2 Å². The number of ether oxygens (including phenoxy) is 1. The molecule has 2 rings (SSSR count). The highest BCUT2D eigenvalue weighted by molar-refractivity contribution is 6.42. The Bertz CT molecular complexity index is 673. The summed E-state index contributed by atoms with van der Waals surface area (Å²) in [5.41, 5.74) is 1.47. The third-order valence-corrected chi connectivity index (χ3v) is 4.57. The average molecular weight is 357 g/mol. The van der Waals surface area contributed by atoms with Crippen LogP contribution in [0.4, 0.5) is 4.79 Å². The largest absolute Gasteiger partial charge is 0.466 e. The van der Waals surface area contributed by atoms with Gasteiger partial charge in [0.1, 0.15) is 0 Å². The van der Waals surface area contributed by atoms with Crippen molar-refractivity contribution in [2.45, 2.75) is 26.3 Å². The Kier molecular flexibility index (Phi) is 5.55. The van der Waals surface area contributed by atoms with Gasteiger partial charge in [0.15, 0.2) is 0 Å². The van der Waals surface area contributed by atoms with Crippen molar-refractivity contribution in [1.29, 1.82) is 0 Å². The van der Waals surface area contributed by atoms with Crippen LogP contribution in [0.2, 0.25) is 10.0 Å². The van der Waals surface area contributed by atoms with Gasteiger partial charge in [-0.1, -0.05) is 42.3 Å². The van der Waals surface area contributed by atoms with Gasteiger partial charge in [0.2, 0.25) is 0 Å². The van der Waals surface area contributed by atoms with Crippen LogP contribution in [-0.2, 0) is 9.53 Å². The first-order chi connectivity index (χ1) is 10.9. The minimum atomic E-state index is -0.700. The molecule has 23 heavy (non-hydrogen) atoms. The van der Waals surface area contributed by atoms with E-state index < -0.39 is 12.0 Å². The second-order valence-corrected chi connectivity index (χ2v) is 5.95. The third-order valence-electron chi connectivity index (χ3n) is 3.74. The Morgan fingerprint density at radius 3 is 2.70 bits per heavy atom. The van der Waals surface area contributed by atoms with Crippen LogP contribution in [0.15, 0.2) is 29.5 Å². The lowest BCUT2D eigenvalue weighted by atomic mass is 9.94. The molecule has 0 aromatic heterocycles. The second kappa shape index (κ2) is 7.23. The summed E-state index contributed by atoms with van der Waals surface area (Å²) in [6.45, 7) is 4.19. The van der Waals surface area contributed by atoms with E-state index in [1.165, 1.54) is 12.0 Å². The molecule has 0 saturated heterocycles. The number of carbonyl (C=O) groups excluding carboxylic acids is 2. The van der Waals surface area contributed by atoms with E-state index in [1.54, 1.807) is 25.1 Å². The van der Waals surface area contributed by atoms with Crippen molar-refractivity contribution < 1.29 is 14.3 Å². The molecule has 1 aromatic rings. The zero-order valence-electron chi connectivity index (χ0n) is 13.2. The summed E-state index contributed by atoms with van der Waals surface area (Å²) in [4.78, 5) is 26.2. The van der Waals surface area contributed by atoms with Gasteiger partial charge in [-0.25, -0.2) is 9.59 Å². The summed E-state index contributed by atoms with van der Waals surface area (Å²) < 4.78 is 4.89. The van der Waals surface area contributed by atoms with Crippen LogP contribution in [0.5, 0.6) is 0 Å². The smallest absolute Gasteiger partial charge is 0.337 e. The summed E-state index contributed by atoms with van der Waals surface area (Å²) >= 11 is 12.3. The van der Waals surface area contributed by atoms with E-state index in [4.69, 9.17) is 27.9 Å². The lowest BCUT2D eigenvalue weighted by molar-refractivity contribution is -0.136. The Morgan fingerprint density at radius 1 is 1.39 bits per heavy atom. The first-order valence-corrected chi connectivity index (χ1v) is 7.99. The third kappa shape index (κ3) is 3.31. The standard InChI is InChI=1S/C16H18Cl2N2O3/c1-4-8-20-9(2)12(15(21)23-3)14(19-16(20)22)10-6-5-7-11(17)13(10)18/h5-7,14H,4,8H2,1-3H3,(H,19,22)/t14-/m1/s1. The van der Waals surface area contributed by atoms with Crippen LogP contribution in [-0.4, -0.2) is 30.6 Å². The maximum atomic E-state index is 12.4. The fraction of sp³-hybridized carbons (Fsp3) is 0.375. The number of hydrogen-bond acceptors (Lipinski definition) is 3. The molecule has 1 atom stereocenters. The minimum absolute atomic E-state index is 0.280. The van der Waals surface area contributed by atoms with Crippen molar-refractivity contribution >= 4 is 35.2 Å². The lowest BCUT2D eigenvalue weighted by Crippen LogP contribution is -2.48. The predicted octanol–water partition coefficient (Wildman–Crippen LogP) is 3.92. The molecule has 1 heterocycles. The van der Waals surface area contributed by atoms with E-state index in [9.17, 15) is 9.59 Å². The molecule has 0 aliphatic carbocycles. The Balaban J connectivity index is 2.60. The van der Waals surface area contributed by atoms with Gasteiger partial charge in [-0.3, -0.25) is 4.90 Å². The summed E-state index contributed by atoms with van der Waals surface area (Å²) in [7, 11) is 1.31. The highest BCUT2D eigenvalue weighted by atomic mass is 35.5. The Morgan fingerprint density at radius 2 is 2.09 bits per heavy atom. The molecule has 1 aromatic carbocycles. The molecule has 2 amide bonds. The molecule has 0 fully saturated rings. The molecule has 0 spiro atoms. The lowest BCUT2D eigenvalue weighted by Gasteiger charge is -2.35. The zero-order chi connectivity index (χ0) is 17.1. The van der Waals surface area contributed by atoms with Gasteiger partial charge in [-0.15, -0.1) is 0 Å².